The van der Waals surface area contributed by atoms with Crippen LogP contribution in [-0.2, 0) is 11.3 Å². The van der Waals surface area contributed by atoms with Gasteiger partial charge in [0.25, 0.3) is 0 Å². The summed E-state index contributed by atoms with van der Waals surface area (Å²) in [5.74, 6) is 0.717. The molecule has 5 N–H and O–H groups in total. The fraction of sp³-hybridized carbons (Fsp3) is 0.214. The molecule has 0 bridgehead atoms. The van der Waals surface area contributed by atoms with E-state index in [2.05, 4.69) is 15.3 Å². The molecule has 0 radical (unpaired) electrons. The van der Waals surface area contributed by atoms with Crippen molar-refractivity contribution in [2.24, 2.45) is 0 Å². The number of benzene rings is 1. The minimum Gasteiger partial charge on any atom is -0.383 e. The quantitative estimate of drug-likeness (QED) is 0.568. The van der Waals surface area contributed by atoms with Crippen LogP contribution in [0, 0.1) is 6.92 Å². The standard InChI is InChI=1S/C14H17N5OS/c1-9-2-4-10(5-3-9)7-17-13(20)8-21-14-18-11(15)6-12(16)19-14/h2-6H,7-8H2,1H3,(H,17,20)(H4,15,16,18,19). The number of carbonyl (C=O) groups is 1. The number of nitrogens with zero attached hydrogens (tertiary/aromatic N) is 2. The van der Waals surface area contributed by atoms with Gasteiger partial charge in [-0.2, -0.15) is 0 Å². The van der Waals surface area contributed by atoms with Crippen molar-refractivity contribution in [2.45, 2.75) is 18.6 Å². The van der Waals surface area contributed by atoms with Crippen LogP contribution in [0.5, 0.6) is 0 Å². The Morgan fingerprint density at radius 2 is 1.81 bits per heavy atom. The lowest BCUT2D eigenvalue weighted by atomic mass is 10.1. The van der Waals surface area contributed by atoms with E-state index in [0.717, 1.165) is 5.56 Å². The summed E-state index contributed by atoms with van der Waals surface area (Å²) in [6.07, 6.45) is 0. The van der Waals surface area contributed by atoms with Crippen LogP contribution in [0.25, 0.3) is 0 Å². The summed E-state index contributed by atoms with van der Waals surface area (Å²) in [6.45, 7) is 2.52. The molecular formula is C14H17N5OS. The minimum atomic E-state index is -0.0924. The number of aryl methyl sites for hydroxylation is 1. The van der Waals surface area contributed by atoms with Crippen LogP contribution in [0.4, 0.5) is 11.6 Å². The van der Waals surface area contributed by atoms with E-state index in [-0.39, 0.29) is 11.7 Å². The number of nitrogens with one attached hydrogen (secondary N) is 1. The number of amides is 1. The Morgan fingerprint density at radius 3 is 2.43 bits per heavy atom. The number of anilines is 2. The predicted octanol–water partition coefficient (Wildman–Crippen LogP) is 1.36. The van der Waals surface area contributed by atoms with Crippen molar-refractivity contribution in [3.8, 4) is 0 Å². The van der Waals surface area contributed by atoms with Crippen molar-refractivity contribution < 1.29 is 4.79 Å². The topological polar surface area (TPSA) is 107 Å². The van der Waals surface area contributed by atoms with Crippen LogP contribution in [0.3, 0.4) is 0 Å². The van der Waals surface area contributed by atoms with Crippen LogP contribution >= 0.6 is 11.8 Å². The highest BCUT2D eigenvalue weighted by molar-refractivity contribution is 7.99. The number of thioether (sulfide) groups is 1. The fourth-order valence-electron chi connectivity index (χ4n) is 1.61. The Kier molecular flexibility index (Phi) is 4.99. The number of nitrogen functional groups attached to an aromatic ring is 2. The molecule has 2 aromatic rings. The Bertz CT molecular complexity index is 610. The van der Waals surface area contributed by atoms with Gasteiger partial charge in [0.1, 0.15) is 11.6 Å². The smallest absolute Gasteiger partial charge is 0.230 e. The molecule has 0 aliphatic carbocycles. The van der Waals surface area contributed by atoms with Crippen LogP contribution in [0.15, 0.2) is 35.5 Å². The molecule has 110 valence electrons. The third-order valence-corrected chi connectivity index (χ3v) is 3.54. The molecule has 1 aromatic heterocycles. The van der Waals surface area contributed by atoms with Gasteiger partial charge < -0.3 is 16.8 Å². The molecule has 0 saturated heterocycles. The zero-order chi connectivity index (χ0) is 15.2. The number of carbonyl (C=O) groups excluding carboxylic acids is 1. The van der Waals surface area contributed by atoms with Crippen molar-refractivity contribution in [3.63, 3.8) is 0 Å². The molecule has 1 heterocycles. The first kappa shape index (κ1) is 15.1. The van der Waals surface area contributed by atoms with Crippen molar-refractivity contribution >= 4 is 29.3 Å². The molecule has 7 heteroatoms. The summed E-state index contributed by atoms with van der Waals surface area (Å²) in [5, 5.41) is 3.24. The van der Waals surface area contributed by atoms with Gasteiger partial charge in [-0.05, 0) is 12.5 Å². The molecule has 0 atom stereocenters. The van der Waals surface area contributed by atoms with Gasteiger partial charge in [0.2, 0.25) is 5.91 Å². The maximum atomic E-state index is 11.8. The Morgan fingerprint density at radius 1 is 1.19 bits per heavy atom. The zero-order valence-electron chi connectivity index (χ0n) is 11.7. The predicted molar refractivity (Wildman–Crippen MR) is 84.6 cm³/mol. The molecule has 0 aliphatic heterocycles. The minimum absolute atomic E-state index is 0.0924. The van der Waals surface area contributed by atoms with Crippen LogP contribution < -0.4 is 16.8 Å². The lowest BCUT2D eigenvalue weighted by Crippen LogP contribution is -2.24. The summed E-state index contributed by atoms with van der Waals surface area (Å²) in [7, 11) is 0. The summed E-state index contributed by atoms with van der Waals surface area (Å²) >= 11 is 1.20. The van der Waals surface area contributed by atoms with Crippen LogP contribution in [0.2, 0.25) is 0 Å². The van der Waals surface area contributed by atoms with E-state index in [1.807, 2.05) is 31.2 Å². The summed E-state index contributed by atoms with van der Waals surface area (Å²) in [4.78, 5) is 19.8. The van der Waals surface area contributed by atoms with E-state index in [1.54, 1.807) is 0 Å². The van der Waals surface area contributed by atoms with Gasteiger partial charge in [0.15, 0.2) is 5.16 Å². The first-order chi connectivity index (χ1) is 10.0. The van der Waals surface area contributed by atoms with Gasteiger partial charge in [-0.25, -0.2) is 9.97 Å². The van der Waals surface area contributed by atoms with Gasteiger partial charge >= 0.3 is 0 Å². The van der Waals surface area contributed by atoms with E-state index in [0.29, 0.717) is 23.3 Å². The van der Waals surface area contributed by atoms with Crippen molar-refractivity contribution in [1.29, 1.82) is 0 Å². The fourth-order valence-corrected chi connectivity index (χ4v) is 2.32. The first-order valence-corrected chi connectivity index (χ1v) is 7.36. The molecule has 1 aromatic carbocycles. The van der Waals surface area contributed by atoms with Crippen LogP contribution in [0.1, 0.15) is 11.1 Å². The lowest BCUT2D eigenvalue weighted by molar-refractivity contribution is -0.118. The molecule has 0 aliphatic rings. The first-order valence-electron chi connectivity index (χ1n) is 6.38. The third-order valence-electron chi connectivity index (χ3n) is 2.69. The number of hydrogen-bond donors (Lipinski definition) is 3. The molecular weight excluding hydrogens is 286 g/mol. The molecule has 21 heavy (non-hydrogen) atoms. The van der Waals surface area contributed by atoms with Gasteiger partial charge in [-0.3, -0.25) is 4.79 Å². The monoisotopic (exact) mass is 303 g/mol. The second-order valence-corrected chi connectivity index (χ2v) is 5.49. The highest BCUT2D eigenvalue weighted by Gasteiger charge is 2.06. The van der Waals surface area contributed by atoms with E-state index >= 15 is 0 Å². The van der Waals surface area contributed by atoms with Gasteiger partial charge in [0, 0.05) is 12.6 Å². The number of aromatic nitrogens is 2. The Hall–Kier alpha value is -2.28. The average molecular weight is 303 g/mol. The molecule has 0 spiro atoms. The highest BCUT2D eigenvalue weighted by Crippen LogP contribution is 2.15. The normalized spacial score (nSPS) is 10.3. The molecule has 0 unspecified atom stereocenters. The summed E-state index contributed by atoms with van der Waals surface area (Å²) < 4.78 is 0. The molecule has 0 fully saturated rings. The van der Waals surface area contributed by atoms with E-state index in [9.17, 15) is 4.79 Å². The van der Waals surface area contributed by atoms with Crippen LogP contribution in [-0.4, -0.2) is 21.6 Å². The maximum Gasteiger partial charge on any atom is 0.230 e. The van der Waals surface area contributed by atoms with Crippen molar-refractivity contribution in [1.82, 2.24) is 15.3 Å². The summed E-state index contributed by atoms with van der Waals surface area (Å²) in [6, 6.07) is 9.48. The average Bonchev–Trinajstić information content (AvgIpc) is 2.43. The largest absolute Gasteiger partial charge is 0.383 e. The van der Waals surface area contributed by atoms with Gasteiger partial charge in [-0.1, -0.05) is 41.6 Å². The SMILES string of the molecule is Cc1ccc(CNC(=O)CSc2nc(N)cc(N)n2)cc1. The highest BCUT2D eigenvalue weighted by atomic mass is 32.2. The van der Waals surface area contributed by atoms with E-state index < -0.39 is 0 Å². The molecule has 1 amide bonds. The van der Waals surface area contributed by atoms with Crippen molar-refractivity contribution in [2.75, 3.05) is 17.2 Å². The second kappa shape index (κ2) is 6.94. The number of hydrogen-bond acceptors (Lipinski definition) is 6. The molecule has 6 nitrogen and oxygen atoms in total. The third kappa shape index (κ3) is 4.96. The molecule has 2 rings (SSSR count). The zero-order valence-corrected chi connectivity index (χ0v) is 12.5. The molecule has 0 saturated carbocycles. The van der Waals surface area contributed by atoms with Crippen molar-refractivity contribution in [3.05, 3.63) is 41.5 Å². The maximum absolute atomic E-state index is 11.8. The Labute approximate surface area is 127 Å². The number of nitrogens with two attached hydrogens (primary N) is 2. The van der Waals surface area contributed by atoms with Gasteiger partial charge in [0.05, 0.1) is 5.75 Å². The Balaban J connectivity index is 1.80. The second-order valence-electron chi connectivity index (χ2n) is 4.55. The lowest BCUT2D eigenvalue weighted by Gasteiger charge is -2.06. The number of rotatable bonds is 5. The van der Waals surface area contributed by atoms with E-state index in [1.165, 1.54) is 23.4 Å². The van der Waals surface area contributed by atoms with E-state index in [4.69, 9.17) is 11.5 Å². The summed E-state index contributed by atoms with van der Waals surface area (Å²) in [5.41, 5.74) is 13.4. The van der Waals surface area contributed by atoms with Gasteiger partial charge in [-0.15, -0.1) is 0 Å².